The van der Waals surface area contributed by atoms with Gasteiger partial charge in [0, 0.05) is 32.4 Å². The lowest BCUT2D eigenvalue weighted by Crippen LogP contribution is -2.46. The number of piperazine rings is 1. The van der Waals surface area contributed by atoms with Crippen LogP contribution >= 0.6 is 0 Å². The largest absolute Gasteiger partial charge is 0.406 e. The molecule has 100 valence electrons. The van der Waals surface area contributed by atoms with Crippen molar-refractivity contribution in [3.8, 4) is 0 Å². The number of nitrogens with zero attached hydrogens (tertiary/aromatic N) is 2. The van der Waals surface area contributed by atoms with Gasteiger partial charge in [-0.15, -0.1) is 0 Å². The molecule has 2 heterocycles. The summed E-state index contributed by atoms with van der Waals surface area (Å²) in [6.07, 6.45) is -3.21. The minimum atomic E-state index is -4.38. The summed E-state index contributed by atoms with van der Waals surface area (Å²) in [5.41, 5.74) is -0.250. The van der Waals surface area contributed by atoms with E-state index in [-0.39, 0.29) is 0 Å². The van der Waals surface area contributed by atoms with Crippen LogP contribution in [0.15, 0.2) is 23.1 Å². The van der Waals surface area contributed by atoms with Gasteiger partial charge in [0.05, 0.1) is 0 Å². The summed E-state index contributed by atoms with van der Waals surface area (Å²) in [5.74, 6) is 0. The zero-order chi connectivity index (χ0) is 13.2. The number of hydrogen-bond acceptors (Lipinski definition) is 3. The topological polar surface area (TPSA) is 37.3 Å². The molecule has 0 saturated carbocycles. The molecule has 0 amide bonds. The summed E-state index contributed by atoms with van der Waals surface area (Å²) in [7, 11) is 0. The predicted octanol–water partition coefficient (Wildman–Crippen LogP) is 0.820. The third-order valence-corrected chi connectivity index (χ3v) is 2.81. The van der Waals surface area contributed by atoms with Crippen molar-refractivity contribution in [2.24, 2.45) is 0 Å². The SMILES string of the molecule is O=c1c(N2CCNCC2)cccn1CC(F)(F)F. The second-order valence-electron chi connectivity index (χ2n) is 4.18. The molecule has 1 aliphatic rings. The highest BCUT2D eigenvalue weighted by molar-refractivity contribution is 5.44. The Balaban J connectivity index is 2.26. The Morgan fingerprint density at radius 2 is 1.94 bits per heavy atom. The molecule has 18 heavy (non-hydrogen) atoms. The van der Waals surface area contributed by atoms with E-state index in [0.717, 1.165) is 13.1 Å². The average molecular weight is 261 g/mol. The summed E-state index contributed by atoms with van der Waals surface area (Å²) < 4.78 is 37.6. The van der Waals surface area contributed by atoms with Crippen LogP contribution in [-0.2, 0) is 6.54 Å². The van der Waals surface area contributed by atoms with Crippen molar-refractivity contribution in [2.45, 2.75) is 12.7 Å². The summed E-state index contributed by atoms with van der Waals surface area (Å²) in [5, 5.41) is 3.13. The molecular formula is C11H14F3N3O. The van der Waals surface area contributed by atoms with Crippen LogP contribution in [0.3, 0.4) is 0 Å². The average Bonchev–Trinajstić information content (AvgIpc) is 2.31. The first-order valence-corrected chi connectivity index (χ1v) is 5.69. The van der Waals surface area contributed by atoms with E-state index in [1.165, 1.54) is 12.3 Å². The molecule has 1 aromatic rings. The lowest BCUT2D eigenvalue weighted by molar-refractivity contribution is -0.141. The number of pyridine rings is 1. The van der Waals surface area contributed by atoms with Gasteiger partial charge in [-0.1, -0.05) is 0 Å². The molecule has 1 N–H and O–H groups in total. The van der Waals surface area contributed by atoms with Gasteiger partial charge in [-0.25, -0.2) is 0 Å². The fourth-order valence-corrected chi connectivity index (χ4v) is 1.99. The molecule has 0 aromatic carbocycles. The Labute approximate surface area is 102 Å². The van der Waals surface area contributed by atoms with E-state index in [4.69, 9.17) is 0 Å². The van der Waals surface area contributed by atoms with Gasteiger partial charge in [-0.2, -0.15) is 13.2 Å². The molecule has 1 aromatic heterocycles. The second kappa shape index (κ2) is 5.01. The van der Waals surface area contributed by atoms with Gasteiger partial charge in [0.25, 0.3) is 5.56 Å². The van der Waals surface area contributed by atoms with E-state index in [9.17, 15) is 18.0 Å². The lowest BCUT2D eigenvalue weighted by Gasteiger charge is -2.29. The Morgan fingerprint density at radius 3 is 2.56 bits per heavy atom. The van der Waals surface area contributed by atoms with Crippen LogP contribution in [-0.4, -0.2) is 36.9 Å². The normalized spacial score (nSPS) is 16.9. The van der Waals surface area contributed by atoms with Crippen LogP contribution < -0.4 is 15.8 Å². The summed E-state index contributed by atoms with van der Waals surface area (Å²) in [6, 6.07) is 3.05. The van der Waals surface area contributed by atoms with Gasteiger partial charge in [0.1, 0.15) is 12.2 Å². The van der Waals surface area contributed by atoms with Crippen LogP contribution in [0.1, 0.15) is 0 Å². The highest BCUT2D eigenvalue weighted by Crippen LogP contribution is 2.17. The van der Waals surface area contributed by atoms with Gasteiger partial charge >= 0.3 is 6.18 Å². The molecule has 0 unspecified atom stereocenters. The van der Waals surface area contributed by atoms with Crippen LogP contribution in [0.4, 0.5) is 18.9 Å². The monoisotopic (exact) mass is 261 g/mol. The van der Waals surface area contributed by atoms with Crippen molar-refractivity contribution < 1.29 is 13.2 Å². The highest BCUT2D eigenvalue weighted by Gasteiger charge is 2.29. The molecule has 0 bridgehead atoms. The van der Waals surface area contributed by atoms with E-state index in [0.29, 0.717) is 23.3 Å². The first kappa shape index (κ1) is 12.9. The van der Waals surface area contributed by atoms with E-state index in [1.54, 1.807) is 6.07 Å². The molecule has 1 aliphatic heterocycles. The van der Waals surface area contributed by atoms with Crippen molar-refractivity contribution >= 4 is 5.69 Å². The number of rotatable bonds is 2. The van der Waals surface area contributed by atoms with E-state index in [2.05, 4.69) is 5.32 Å². The van der Waals surface area contributed by atoms with Gasteiger partial charge < -0.3 is 14.8 Å². The zero-order valence-corrected chi connectivity index (χ0v) is 9.70. The van der Waals surface area contributed by atoms with Crippen molar-refractivity contribution in [2.75, 3.05) is 31.1 Å². The standard InChI is InChI=1S/C11H14F3N3O/c12-11(13,14)8-17-5-1-2-9(10(17)18)16-6-3-15-4-7-16/h1-2,5,15H,3-4,6-8H2. The third kappa shape index (κ3) is 3.04. The molecule has 1 saturated heterocycles. The Kier molecular flexibility index (Phi) is 3.60. The minimum absolute atomic E-state index is 0.336. The molecule has 0 spiro atoms. The van der Waals surface area contributed by atoms with Gasteiger partial charge in [-0.05, 0) is 12.1 Å². The lowest BCUT2D eigenvalue weighted by atomic mass is 10.3. The first-order chi connectivity index (χ1) is 8.47. The fraction of sp³-hybridized carbons (Fsp3) is 0.545. The predicted molar refractivity (Wildman–Crippen MR) is 61.8 cm³/mol. The minimum Gasteiger partial charge on any atom is -0.365 e. The smallest absolute Gasteiger partial charge is 0.365 e. The quantitative estimate of drug-likeness (QED) is 0.856. The highest BCUT2D eigenvalue weighted by atomic mass is 19.4. The van der Waals surface area contributed by atoms with Crippen molar-refractivity contribution in [1.82, 2.24) is 9.88 Å². The maximum atomic E-state index is 12.3. The van der Waals surface area contributed by atoms with E-state index >= 15 is 0 Å². The molecule has 4 nitrogen and oxygen atoms in total. The molecule has 1 fully saturated rings. The van der Waals surface area contributed by atoms with Crippen LogP contribution in [0.25, 0.3) is 0 Å². The molecule has 7 heteroatoms. The summed E-state index contributed by atoms with van der Waals surface area (Å²) in [6.45, 7) is 1.48. The van der Waals surface area contributed by atoms with Gasteiger partial charge in [0.15, 0.2) is 0 Å². The summed E-state index contributed by atoms with van der Waals surface area (Å²) >= 11 is 0. The third-order valence-electron chi connectivity index (χ3n) is 2.81. The van der Waals surface area contributed by atoms with Crippen LogP contribution in [0, 0.1) is 0 Å². The van der Waals surface area contributed by atoms with Gasteiger partial charge in [-0.3, -0.25) is 4.79 Å². The number of alkyl halides is 3. The molecule has 2 rings (SSSR count). The van der Waals surface area contributed by atoms with Crippen molar-refractivity contribution in [1.29, 1.82) is 0 Å². The molecular weight excluding hydrogens is 247 g/mol. The molecule has 0 radical (unpaired) electrons. The Bertz CT molecular complexity index is 463. The number of anilines is 1. The summed E-state index contributed by atoms with van der Waals surface area (Å²) in [4.78, 5) is 13.8. The van der Waals surface area contributed by atoms with Crippen LogP contribution in [0.5, 0.6) is 0 Å². The number of nitrogens with one attached hydrogen (secondary N) is 1. The van der Waals surface area contributed by atoms with Gasteiger partial charge in [0.2, 0.25) is 0 Å². The van der Waals surface area contributed by atoms with Crippen molar-refractivity contribution in [3.05, 3.63) is 28.7 Å². The number of hydrogen-bond donors (Lipinski definition) is 1. The second-order valence-corrected chi connectivity index (χ2v) is 4.18. The van der Waals surface area contributed by atoms with E-state index < -0.39 is 18.3 Å². The number of aromatic nitrogens is 1. The first-order valence-electron chi connectivity index (χ1n) is 5.69. The molecule has 0 aliphatic carbocycles. The Hall–Kier alpha value is -1.50. The molecule has 0 atom stereocenters. The van der Waals surface area contributed by atoms with Crippen LogP contribution in [0.2, 0.25) is 0 Å². The van der Waals surface area contributed by atoms with Crippen molar-refractivity contribution in [3.63, 3.8) is 0 Å². The maximum Gasteiger partial charge on any atom is 0.406 e. The zero-order valence-electron chi connectivity index (χ0n) is 9.70. The fourth-order valence-electron chi connectivity index (χ4n) is 1.99. The van der Waals surface area contributed by atoms with E-state index in [1.807, 2.05) is 4.90 Å². The maximum absolute atomic E-state index is 12.3. The number of halogens is 3. The Morgan fingerprint density at radius 1 is 1.28 bits per heavy atom.